The first-order valence-electron chi connectivity index (χ1n) is 12.2. The Morgan fingerprint density at radius 1 is 0.385 bits per heavy atom. The molecule has 0 saturated carbocycles. The van der Waals surface area contributed by atoms with Crippen molar-refractivity contribution in [2.24, 2.45) is 35.2 Å². The SMILES string of the molecule is C[n+]1ccc(N(c2cc[n+](C)cc2)c2cc[n+](C)cc2)cc1.C[n+]1ccc(Nc2cc[n+](C)cc2)cc1.Cl.Cl. The number of nitrogens with one attached hydrogen (secondary N) is 1. The lowest BCUT2D eigenvalue weighted by Crippen LogP contribution is -2.28. The second kappa shape index (κ2) is 14.8. The van der Waals surface area contributed by atoms with Gasteiger partial charge in [-0.1, -0.05) is 0 Å². The number of aryl methyl sites for hydroxylation is 5. The molecule has 5 rings (SSSR count). The molecular weight excluding hydrogens is 529 g/mol. The van der Waals surface area contributed by atoms with Gasteiger partial charge in [0, 0.05) is 60.7 Å². The quantitative estimate of drug-likeness (QED) is 0.330. The Balaban J connectivity index is 0.000000277. The molecule has 0 radical (unpaired) electrons. The summed E-state index contributed by atoms with van der Waals surface area (Å²) in [4.78, 5) is 2.25. The molecular formula is C30H38Cl2N7+5. The highest BCUT2D eigenvalue weighted by Crippen LogP contribution is 2.32. The lowest BCUT2D eigenvalue weighted by atomic mass is 10.2. The van der Waals surface area contributed by atoms with Gasteiger partial charge >= 0.3 is 0 Å². The molecule has 0 fully saturated rings. The average Bonchev–Trinajstić information content (AvgIpc) is 2.91. The number of nitrogens with zero attached hydrogens (tertiary/aromatic N) is 6. The Kier molecular flexibility index (Phi) is 11.8. The summed E-state index contributed by atoms with van der Waals surface area (Å²) in [5, 5.41) is 3.33. The summed E-state index contributed by atoms with van der Waals surface area (Å²) in [5.41, 5.74) is 5.62. The maximum Gasteiger partial charge on any atom is 0.170 e. The summed E-state index contributed by atoms with van der Waals surface area (Å²) in [5.74, 6) is 0. The van der Waals surface area contributed by atoms with E-state index in [1.54, 1.807) is 0 Å². The van der Waals surface area contributed by atoms with E-state index in [0.717, 1.165) is 28.4 Å². The molecule has 0 atom stereocenters. The van der Waals surface area contributed by atoms with E-state index < -0.39 is 0 Å². The van der Waals surface area contributed by atoms with Crippen LogP contribution < -0.4 is 33.1 Å². The van der Waals surface area contributed by atoms with Crippen LogP contribution in [0.1, 0.15) is 0 Å². The number of hydrogen-bond donors (Lipinski definition) is 1. The monoisotopic (exact) mass is 566 g/mol. The minimum absolute atomic E-state index is 0. The van der Waals surface area contributed by atoms with Gasteiger partial charge in [0.15, 0.2) is 62.0 Å². The van der Waals surface area contributed by atoms with Crippen LogP contribution in [0.2, 0.25) is 0 Å². The van der Waals surface area contributed by atoms with E-state index in [1.165, 1.54) is 0 Å². The molecule has 0 unspecified atom stereocenters. The third-order valence-electron chi connectivity index (χ3n) is 5.90. The van der Waals surface area contributed by atoms with Crippen molar-refractivity contribution in [3.05, 3.63) is 123 Å². The Morgan fingerprint density at radius 3 is 0.821 bits per heavy atom. The summed E-state index contributed by atoms with van der Waals surface area (Å²) >= 11 is 0. The molecule has 1 N–H and O–H groups in total. The summed E-state index contributed by atoms with van der Waals surface area (Å²) < 4.78 is 10.1. The second-order valence-electron chi connectivity index (χ2n) is 9.13. The van der Waals surface area contributed by atoms with Crippen LogP contribution in [0.4, 0.5) is 28.4 Å². The topological polar surface area (TPSA) is 34.7 Å². The maximum atomic E-state index is 3.33. The molecule has 0 saturated heterocycles. The third kappa shape index (κ3) is 9.02. The van der Waals surface area contributed by atoms with Crippen LogP contribution in [0, 0.1) is 0 Å². The van der Waals surface area contributed by atoms with Crippen LogP contribution in [-0.4, -0.2) is 0 Å². The minimum Gasteiger partial charge on any atom is -0.355 e. The molecule has 39 heavy (non-hydrogen) atoms. The van der Waals surface area contributed by atoms with Crippen molar-refractivity contribution in [3.63, 3.8) is 0 Å². The minimum atomic E-state index is 0. The average molecular weight is 568 g/mol. The van der Waals surface area contributed by atoms with Gasteiger partial charge < -0.3 is 10.2 Å². The van der Waals surface area contributed by atoms with Crippen molar-refractivity contribution in [1.29, 1.82) is 0 Å². The standard InChI is InChI=1S/C18H21N4.C12H14N3.2ClH/c1-19-10-4-16(5-11-19)22(17-6-12-20(2)13-7-17)18-8-14-21(3)15-9-18;1-14-7-3-11(4-8-14)13-12-5-9-15(2)10-6-12;;/h4-15H,1-3H3;3-10H,1-2H3;2*1H/q+3;+1;;/p+1. The summed E-state index contributed by atoms with van der Waals surface area (Å²) in [6, 6.07) is 20.9. The zero-order valence-electron chi connectivity index (χ0n) is 23.0. The fraction of sp³-hybridized carbons (Fsp3) is 0.167. The normalized spacial score (nSPS) is 9.77. The predicted octanol–water partition coefficient (Wildman–Crippen LogP) is 3.55. The van der Waals surface area contributed by atoms with Crippen molar-refractivity contribution in [3.8, 4) is 0 Å². The second-order valence-corrected chi connectivity index (χ2v) is 9.13. The van der Waals surface area contributed by atoms with Gasteiger partial charge in [-0.2, -0.15) is 0 Å². The molecule has 0 amide bonds. The molecule has 0 spiro atoms. The van der Waals surface area contributed by atoms with Crippen molar-refractivity contribution in [1.82, 2.24) is 0 Å². The van der Waals surface area contributed by atoms with E-state index >= 15 is 0 Å². The van der Waals surface area contributed by atoms with Gasteiger partial charge in [-0.05, 0) is 0 Å². The molecule has 9 heteroatoms. The first-order chi connectivity index (χ1) is 17.9. The summed E-state index contributed by atoms with van der Waals surface area (Å²) in [6.07, 6.45) is 20.5. The zero-order valence-corrected chi connectivity index (χ0v) is 24.7. The first-order valence-corrected chi connectivity index (χ1v) is 12.2. The lowest BCUT2D eigenvalue weighted by Gasteiger charge is -2.23. The molecule has 0 aliphatic carbocycles. The van der Waals surface area contributed by atoms with E-state index in [2.05, 4.69) is 83.8 Å². The molecule has 5 aromatic heterocycles. The van der Waals surface area contributed by atoms with Crippen LogP contribution in [0.15, 0.2) is 123 Å². The molecule has 7 nitrogen and oxygen atoms in total. The number of hydrogen-bond acceptors (Lipinski definition) is 2. The fourth-order valence-electron chi connectivity index (χ4n) is 3.71. The van der Waals surface area contributed by atoms with Gasteiger partial charge in [0.1, 0.15) is 35.2 Å². The molecule has 202 valence electrons. The van der Waals surface area contributed by atoms with Gasteiger partial charge in [-0.3, -0.25) is 0 Å². The number of rotatable bonds is 5. The highest BCUT2D eigenvalue weighted by molar-refractivity contribution is 5.85. The van der Waals surface area contributed by atoms with Crippen LogP contribution in [-0.2, 0) is 35.2 Å². The van der Waals surface area contributed by atoms with Crippen molar-refractivity contribution in [2.45, 2.75) is 0 Å². The largest absolute Gasteiger partial charge is 0.355 e. The van der Waals surface area contributed by atoms with Crippen LogP contribution in [0.25, 0.3) is 0 Å². The highest BCUT2D eigenvalue weighted by atomic mass is 35.5. The number of anilines is 5. The van der Waals surface area contributed by atoms with E-state index in [0.29, 0.717) is 0 Å². The van der Waals surface area contributed by atoms with Gasteiger partial charge in [-0.25, -0.2) is 22.8 Å². The van der Waals surface area contributed by atoms with Gasteiger partial charge in [-0.15, -0.1) is 24.8 Å². The van der Waals surface area contributed by atoms with Crippen LogP contribution in [0.3, 0.4) is 0 Å². The fourth-order valence-corrected chi connectivity index (χ4v) is 3.71. The van der Waals surface area contributed by atoms with E-state index in [1.807, 2.05) is 107 Å². The van der Waals surface area contributed by atoms with E-state index in [4.69, 9.17) is 0 Å². The molecule has 5 aromatic rings. The Bertz CT molecular complexity index is 1260. The highest BCUT2D eigenvalue weighted by Gasteiger charge is 2.15. The maximum absolute atomic E-state index is 3.33. The molecule has 0 aliphatic heterocycles. The van der Waals surface area contributed by atoms with Crippen LogP contribution in [0.5, 0.6) is 0 Å². The summed E-state index contributed by atoms with van der Waals surface area (Å²) in [6.45, 7) is 0. The van der Waals surface area contributed by atoms with Gasteiger partial charge in [0.25, 0.3) is 0 Å². The molecule has 0 aliphatic rings. The molecule has 0 aromatic carbocycles. The van der Waals surface area contributed by atoms with Gasteiger partial charge in [0.2, 0.25) is 0 Å². The van der Waals surface area contributed by atoms with Crippen molar-refractivity contribution < 1.29 is 22.8 Å². The van der Waals surface area contributed by atoms with Crippen LogP contribution >= 0.6 is 24.8 Å². The number of halogens is 2. The zero-order chi connectivity index (χ0) is 26.2. The third-order valence-corrected chi connectivity index (χ3v) is 5.90. The first kappa shape index (κ1) is 31.1. The molecule has 5 heterocycles. The Hall–Kier alpha value is -4.07. The van der Waals surface area contributed by atoms with E-state index in [-0.39, 0.29) is 24.8 Å². The van der Waals surface area contributed by atoms with E-state index in [9.17, 15) is 0 Å². The Morgan fingerprint density at radius 2 is 0.590 bits per heavy atom. The Labute approximate surface area is 243 Å². The molecule has 0 bridgehead atoms. The van der Waals surface area contributed by atoms with Crippen molar-refractivity contribution >= 4 is 53.3 Å². The smallest absolute Gasteiger partial charge is 0.170 e. The number of pyridine rings is 5. The van der Waals surface area contributed by atoms with Crippen molar-refractivity contribution in [2.75, 3.05) is 10.2 Å². The summed E-state index contributed by atoms with van der Waals surface area (Å²) in [7, 11) is 10.1. The predicted molar refractivity (Wildman–Crippen MR) is 158 cm³/mol. The number of aromatic nitrogens is 5. The lowest BCUT2D eigenvalue weighted by molar-refractivity contribution is -0.671. The van der Waals surface area contributed by atoms with Gasteiger partial charge in [0.05, 0.1) is 28.4 Å².